The van der Waals surface area contributed by atoms with Crippen molar-refractivity contribution >= 4 is 34.0 Å². The molecule has 0 aliphatic carbocycles. The van der Waals surface area contributed by atoms with Gasteiger partial charge in [-0.2, -0.15) is 4.37 Å². The second kappa shape index (κ2) is 3.81. The van der Waals surface area contributed by atoms with Crippen molar-refractivity contribution in [1.82, 2.24) is 14.3 Å². The van der Waals surface area contributed by atoms with E-state index in [1.54, 1.807) is 6.20 Å². The lowest BCUT2D eigenvalue weighted by Crippen LogP contribution is -1.83. The van der Waals surface area contributed by atoms with Gasteiger partial charge in [-0.15, -0.1) is 0 Å². The Labute approximate surface area is 101 Å². The van der Waals surface area contributed by atoms with Gasteiger partial charge in [0.25, 0.3) is 0 Å². The second-order valence-corrected chi connectivity index (χ2v) is 4.34. The van der Waals surface area contributed by atoms with Gasteiger partial charge in [-0.1, -0.05) is 18.2 Å². The lowest BCUT2D eigenvalue weighted by atomic mass is 10.1. The van der Waals surface area contributed by atoms with Crippen molar-refractivity contribution in [3.8, 4) is 10.6 Å². The van der Waals surface area contributed by atoms with Crippen molar-refractivity contribution in [2.24, 2.45) is 0 Å². The predicted octanol–water partition coefficient (Wildman–Crippen LogP) is 3.41. The normalized spacial score (nSPS) is 10.8. The largest absolute Gasteiger partial charge is 0.256 e. The maximum absolute atomic E-state index is 5.73. The first kappa shape index (κ1) is 9.69. The van der Waals surface area contributed by atoms with Crippen LogP contribution in [0.2, 0.25) is 5.28 Å². The molecule has 0 amide bonds. The molecule has 0 aliphatic heterocycles. The molecule has 2 aromatic heterocycles. The molecule has 0 fully saturated rings. The van der Waals surface area contributed by atoms with Gasteiger partial charge in [0.15, 0.2) is 0 Å². The van der Waals surface area contributed by atoms with Gasteiger partial charge in [-0.25, -0.2) is 4.98 Å². The standard InChI is InChI=1S/C11H6ClN3S/c12-11-14-10(16-15-11)8-5-1-3-7-4-2-6-13-9(7)8/h1-6H. The molecule has 0 spiro atoms. The van der Waals surface area contributed by atoms with Crippen LogP contribution in [0.4, 0.5) is 0 Å². The minimum absolute atomic E-state index is 0.285. The van der Waals surface area contributed by atoms with Crippen molar-refractivity contribution in [1.29, 1.82) is 0 Å². The van der Waals surface area contributed by atoms with E-state index in [0.29, 0.717) is 0 Å². The van der Waals surface area contributed by atoms with E-state index in [0.717, 1.165) is 21.5 Å². The van der Waals surface area contributed by atoms with Crippen LogP contribution in [0.1, 0.15) is 0 Å². The highest BCUT2D eigenvalue weighted by Gasteiger charge is 2.09. The van der Waals surface area contributed by atoms with E-state index in [9.17, 15) is 0 Å². The van der Waals surface area contributed by atoms with Gasteiger partial charge in [-0.3, -0.25) is 4.98 Å². The van der Waals surface area contributed by atoms with Crippen molar-refractivity contribution in [3.63, 3.8) is 0 Å². The Bertz CT molecular complexity index is 645. The summed E-state index contributed by atoms with van der Waals surface area (Å²) in [6.07, 6.45) is 1.77. The zero-order valence-corrected chi connectivity index (χ0v) is 9.66. The van der Waals surface area contributed by atoms with Gasteiger partial charge < -0.3 is 0 Å². The van der Waals surface area contributed by atoms with Gasteiger partial charge in [0.2, 0.25) is 5.28 Å². The van der Waals surface area contributed by atoms with E-state index in [2.05, 4.69) is 14.3 Å². The number of para-hydroxylation sites is 1. The molecule has 2 heterocycles. The Morgan fingerprint density at radius 3 is 2.81 bits per heavy atom. The molecular weight excluding hydrogens is 242 g/mol. The average Bonchev–Trinajstić information content (AvgIpc) is 2.75. The Morgan fingerprint density at radius 1 is 1.12 bits per heavy atom. The summed E-state index contributed by atoms with van der Waals surface area (Å²) in [5, 5.41) is 2.17. The monoisotopic (exact) mass is 247 g/mol. The van der Waals surface area contributed by atoms with Crippen LogP contribution < -0.4 is 0 Å². The predicted molar refractivity (Wildman–Crippen MR) is 65.7 cm³/mol. The molecule has 1 aromatic carbocycles. The zero-order chi connectivity index (χ0) is 11.0. The molecule has 0 unspecified atom stereocenters. The molecule has 78 valence electrons. The lowest BCUT2D eigenvalue weighted by Gasteiger charge is -2.00. The fraction of sp³-hybridized carbons (Fsp3) is 0. The third kappa shape index (κ3) is 1.56. The Balaban J connectivity index is 2.31. The van der Waals surface area contributed by atoms with Crippen molar-refractivity contribution < 1.29 is 0 Å². The molecule has 3 nitrogen and oxygen atoms in total. The van der Waals surface area contributed by atoms with E-state index in [1.165, 1.54) is 11.5 Å². The molecular formula is C11H6ClN3S. The lowest BCUT2D eigenvalue weighted by molar-refractivity contribution is 1.32. The molecule has 3 aromatic rings. The van der Waals surface area contributed by atoms with E-state index in [4.69, 9.17) is 11.6 Å². The van der Waals surface area contributed by atoms with E-state index < -0.39 is 0 Å². The number of halogens is 1. The number of benzene rings is 1. The fourth-order valence-electron chi connectivity index (χ4n) is 1.59. The number of fused-ring (bicyclic) bond motifs is 1. The molecule has 0 N–H and O–H groups in total. The summed E-state index contributed by atoms with van der Waals surface area (Å²) in [6.45, 7) is 0. The molecule has 0 atom stereocenters. The van der Waals surface area contributed by atoms with Gasteiger partial charge in [0, 0.05) is 17.1 Å². The quantitative estimate of drug-likeness (QED) is 0.662. The Kier molecular flexibility index (Phi) is 2.31. The average molecular weight is 248 g/mol. The van der Waals surface area contributed by atoms with Gasteiger partial charge >= 0.3 is 0 Å². The van der Waals surface area contributed by atoms with Crippen LogP contribution in [0.25, 0.3) is 21.5 Å². The second-order valence-electron chi connectivity index (χ2n) is 3.25. The molecule has 16 heavy (non-hydrogen) atoms. The highest BCUT2D eigenvalue weighted by molar-refractivity contribution is 7.09. The van der Waals surface area contributed by atoms with Crippen molar-refractivity contribution in [2.45, 2.75) is 0 Å². The summed E-state index contributed by atoms with van der Waals surface area (Å²) in [5.41, 5.74) is 1.90. The zero-order valence-electron chi connectivity index (χ0n) is 8.09. The summed E-state index contributed by atoms with van der Waals surface area (Å²) in [6, 6.07) is 9.92. The number of hydrogen-bond donors (Lipinski definition) is 0. The highest BCUT2D eigenvalue weighted by Crippen LogP contribution is 2.28. The van der Waals surface area contributed by atoms with Crippen LogP contribution in [-0.4, -0.2) is 14.3 Å². The third-order valence-electron chi connectivity index (χ3n) is 2.26. The number of aromatic nitrogens is 3. The Morgan fingerprint density at radius 2 is 2.00 bits per heavy atom. The summed E-state index contributed by atoms with van der Waals surface area (Å²) in [4.78, 5) is 8.53. The summed E-state index contributed by atoms with van der Waals surface area (Å²) in [5.74, 6) is 0. The maximum Gasteiger partial charge on any atom is 0.234 e. The first-order valence-corrected chi connectivity index (χ1v) is 5.83. The number of nitrogens with zero attached hydrogens (tertiary/aromatic N) is 3. The summed E-state index contributed by atoms with van der Waals surface area (Å²) in [7, 11) is 0. The SMILES string of the molecule is Clc1nsc(-c2cccc3cccnc23)n1. The van der Waals surface area contributed by atoms with Crippen molar-refractivity contribution in [3.05, 3.63) is 41.8 Å². The van der Waals surface area contributed by atoms with Gasteiger partial charge in [0.05, 0.1) is 5.52 Å². The van der Waals surface area contributed by atoms with Crippen LogP contribution in [0.5, 0.6) is 0 Å². The number of rotatable bonds is 1. The van der Waals surface area contributed by atoms with Gasteiger partial charge in [-0.05, 0) is 35.3 Å². The number of pyridine rings is 1. The molecule has 0 aliphatic rings. The first-order valence-electron chi connectivity index (χ1n) is 4.68. The third-order valence-corrected chi connectivity index (χ3v) is 3.28. The summed E-state index contributed by atoms with van der Waals surface area (Å²) < 4.78 is 3.97. The van der Waals surface area contributed by atoms with E-state index in [-0.39, 0.29) is 5.28 Å². The first-order chi connectivity index (χ1) is 7.84. The Hall–Kier alpha value is -1.52. The fourth-order valence-corrected chi connectivity index (χ4v) is 2.42. The summed E-state index contributed by atoms with van der Waals surface area (Å²) >= 11 is 7.01. The topological polar surface area (TPSA) is 38.7 Å². The molecule has 3 rings (SSSR count). The minimum Gasteiger partial charge on any atom is -0.256 e. The van der Waals surface area contributed by atoms with Crippen LogP contribution in [0.3, 0.4) is 0 Å². The molecule has 0 bridgehead atoms. The van der Waals surface area contributed by atoms with E-state index >= 15 is 0 Å². The molecule has 0 saturated heterocycles. The number of hydrogen-bond acceptors (Lipinski definition) is 4. The van der Waals surface area contributed by atoms with E-state index in [1.807, 2.05) is 30.3 Å². The molecule has 5 heteroatoms. The minimum atomic E-state index is 0.285. The van der Waals surface area contributed by atoms with Crippen LogP contribution in [-0.2, 0) is 0 Å². The van der Waals surface area contributed by atoms with Crippen LogP contribution in [0, 0.1) is 0 Å². The smallest absolute Gasteiger partial charge is 0.234 e. The van der Waals surface area contributed by atoms with Crippen LogP contribution >= 0.6 is 23.1 Å². The van der Waals surface area contributed by atoms with Crippen molar-refractivity contribution in [2.75, 3.05) is 0 Å². The molecule has 0 radical (unpaired) electrons. The maximum atomic E-state index is 5.73. The highest BCUT2D eigenvalue weighted by atomic mass is 35.5. The molecule has 0 saturated carbocycles. The van der Waals surface area contributed by atoms with Gasteiger partial charge in [0.1, 0.15) is 5.01 Å². The van der Waals surface area contributed by atoms with Crippen LogP contribution in [0.15, 0.2) is 36.5 Å².